The zero-order valence-corrected chi connectivity index (χ0v) is 12.9. The number of rotatable bonds is 5. The van der Waals surface area contributed by atoms with E-state index in [-0.39, 0.29) is 18.2 Å². The Morgan fingerprint density at radius 3 is 3.00 bits per heavy atom. The molecule has 0 saturated heterocycles. The first-order chi connectivity index (χ1) is 11.2. The lowest BCUT2D eigenvalue weighted by Gasteiger charge is -2.05. The Kier molecular flexibility index (Phi) is 4.62. The van der Waals surface area contributed by atoms with Crippen molar-refractivity contribution in [3.63, 3.8) is 0 Å². The van der Waals surface area contributed by atoms with E-state index in [9.17, 15) is 9.59 Å². The lowest BCUT2D eigenvalue weighted by Crippen LogP contribution is -2.39. The van der Waals surface area contributed by atoms with Crippen molar-refractivity contribution in [2.24, 2.45) is 0 Å². The molecule has 2 N–H and O–H groups in total. The molecule has 23 heavy (non-hydrogen) atoms. The van der Waals surface area contributed by atoms with E-state index in [0.29, 0.717) is 10.9 Å². The summed E-state index contributed by atoms with van der Waals surface area (Å²) in [5, 5.41) is 5.51. The number of amides is 3. The number of nitrogens with zero attached hydrogens (tertiary/aromatic N) is 2. The number of aromatic nitrogens is 2. The number of thioether (sulfide) groups is 1. The van der Waals surface area contributed by atoms with Gasteiger partial charge in [-0.05, 0) is 24.3 Å². The van der Waals surface area contributed by atoms with Crippen LogP contribution < -0.4 is 10.6 Å². The molecule has 3 amide bonds. The molecule has 3 rings (SSSR count). The van der Waals surface area contributed by atoms with Gasteiger partial charge < -0.3 is 9.73 Å². The highest BCUT2D eigenvalue weighted by Gasteiger charge is 2.11. The fourth-order valence-electron chi connectivity index (χ4n) is 1.94. The summed E-state index contributed by atoms with van der Waals surface area (Å²) in [4.78, 5) is 27.6. The predicted octanol–water partition coefficient (Wildman–Crippen LogP) is 2.05. The first-order valence-corrected chi connectivity index (χ1v) is 7.86. The zero-order valence-electron chi connectivity index (χ0n) is 12.1. The fourth-order valence-corrected chi connectivity index (χ4v) is 2.71. The van der Waals surface area contributed by atoms with Crippen LogP contribution in [0.15, 0.2) is 58.6 Å². The number of imidazole rings is 1. The summed E-state index contributed by atoms with van der Waals surface area (Å²) >= 11 is 1.26. The highest BCUT2D eigenvalue weighted by atomic mass is 32.2. The fraction of sp³-hybridized carbons (Fsp3) is 0.133. The zero-order chi connectivity index (χ0) is 16.1. The van der Waals surface area contributed by atoms with Crippen molar-refractivity contribution in [3.05, 3.63) is 54.7 Å². The van der Waals surface area contributed by atoms with Crippen molar-refractivity contribution in [2.45, 2.75) is 11.7 Å². The van der Waals surface area contributed by atoms with E-state index in [1.165, 1.54) is 18.0 Å². The quantitative estimate of drug-likeness (QED) is 0.699. The molecular formula is C15H14N4O3S. The summed E-state index contributed by atoms with van der Waals surface area (Å²) in [5.74, 6) is 0.327. The molecule has 8 heteroatoms. The molecule has 0 bridgehead atoms. The molecule has 0 atom stereocenters. The molecule has 3 aromatic rings. The largest absolute Gasteiger partial charge is 0.467 e. The number of fused-ring (bicyclic) bond motifs is 1. The SMILES string of the molecule is O=C(CSc1ncc2ccccn12)NC(=O)NCc1ccco1. The smallest absolute Gasteiger partial charge is 0.321 e. The van der Waals surface area contributed by atoms with Crippen LogP contribution in [0.3, 0.4) is 0 Å². The molecule has 0 radical (unpaired) electrons. The maximum Gasteiger partial charge on any atom is 0.321 e. The molecule has 3 aromatic heterocycles. The van der Waals surface area contributed by atoms with Crippen molar-refractivity contribution < 1.29 is 14.0 Å². The molecule has 0 aromatic carbocycles. The molecule has 0 fully saturated rings. The average molecular weight is 330 g/mol. The summed E-state index contributed by atoms with van der Waals surface area (Å²) in [7, 11) is 0. The number of pyridine rings is 1. The number of carbonyl (C=O) groups is 2. The van der Waals surface area contributed by atoms with Crippen molar-refractivity contribution in [1.29, 1.82) is 0 Å². The third-order valence-electron chi connectivity index (χ3n) is 2.99. The molecule has 118 valence electrons. The van der Waals surface area contributed by atoms with Gasteiger partial charge in [0.25, 0.3) is 0 Å². The topological polar surface area (TPSA) is 88.6 Å². The minimum Gasteiger partial charge on any atom is -0.467 e. The number of imide groups is 1. The first kappa shape index (κ1) is 15.2. The Bertz CT molecular complexity index is 813. The Morgan fingerprint density at radius 2 is 2.17 bits per heavy atom. The summed E-state index contributed by atoms with van der Waals surface area (Å²) < 4.78 is 6.97. The minimum absolute atomic E-state index is 0.0994. The summed E-state index contributed by atoms with van der Waals surface area (Å²) in [5.41, 5.74) is 0.951. The van der Waals surface area contributed by atoms with Crippen molar-refractivity contribution >= 4 is 29.2 Å². The van der Waals surface area contributed by atoms with Gasteiger partial charge >= 0.3 is 6.03 Å². The molecule has 7 nitrogen and oxygen atoms in total. The van der Waals surface area contributed by atoms with Gasteiger partial charge in [-0.25, -0.2) is 9.78 Å². The number of nitrogens with one attached hydrogen (secondary N) is 2. The first-order valence-electron chi connectivity index (χ1n) is 6.87. The van der Waals surface area contributed by atoms with E-state index < -0.39 is 6.03 Å². The van der Waals surface area contributed by atoms with E-state index in [1.54, 1.807) is 18.3 Å². The van der Waals surface area contributed by atoms with Crippen LogP contribution in [-0.4, -0.2) is 27.1 Å². The molecule has 0 spiro atoms. The van der Waals surface area contributed by atoms with Crippen LogP contribution in [0, 0.1) is 0 Å². The maximum absolute atomic E-state index is 11.8. The van der Waals surface area contributed by atoms with Gasteiger partial charge in [0.2, 0.25) is 5.91 Å². The predicted molar refractivity (Wildman–Crippen MR) is 85.0 cm³/mol. The molecule has 0 aliphatic carbocycles. The molecule has 0 saturated carbocycles. The monoisotopic (exact) mass is 330 g/mol. The second kappa shape index (κ2) is 7.01. The van der Waals surface area contributed by atoms with E-state index in [4.69, 9.17) is 4.42 Å². The Balaban J connectivity index is 1.46. The summed E-state index contributed by atoms with van der Waals surface area (Å²) in [6, 6.07) is 8.65. The number of hydrogen-bond donors (Lipinski definition) is 2. The third-order valence-corrected chi connectivity index (χ3v) is 3.96. The Morgan fingerprint density at radius 1 is 1.26 bits per heavy atom. The lowest BCUT2D eigenvalue weighted by molar-refractivity contribution is -0.117. The van der Waals surface area contributed by atoms with Crippen LogP contribution in [0.25, 0.3) is 5.52 Å². The molecular weight excluding hydrogens is 316 g/mol. The normalized spacial score (nSPS) is 10.6. The van der Waals surface area contributed by atoms with Crippen LogP contribution in [0.5, 0.6) is 0 Å². The standard InChI is InChI=1S/C15H14N4O3S/c20-13(18-14(21)16-9-12-5-3-7-22-12)10-23-15-17-8-11-4-1-2-6-19(11)15/h1-8H,9-10H2,(H2,16,18,20,21). The van der Waals surface area contributed by atoms with Crippen molar-refractivity contribution in [3.8, 4) is 0 Å². The summed E-state index contributed by atoms with van der Waals surface area (Å²) in [6.45, 7) is 0.226. The van der Waals surface area contributed by atoms with Gasteiger partial charge in [-0.15, -0.1) is 0 Å². The number of hydrogen-bond acceptors (Lipinski definition) is 5. The Labute approximate surface area is 136 Å². The van der Waals surface area contributed by atoms with E-state index in [2.05, 4.69) is 15.6 Å². The molecule has 0 unspecified atom stereocenters. The van der Waals surface area contributed by atoms with Gasteiger partial charge in [0.05, 0.1) is 30.3 Å². The van der Waals surface area contributed by atoms with E-state index in [0.717, 1.165) is 5.52 Å². The van der Waals surface area contributed by atoms with E-state index >= 15 is 0 Å². The van der Waals surface area contributed by atoms with E-state index in [1.807, 2.05) is 28.8 Å². The van der Waals surface area contributed by atoms with Crippen LogP contribution in [-0.2, 0) is 11.3 Å². The van der Waals surface area contributed by atoms with Crippen molar-refractivity contribution in [1.82, 2.24) is 20.0 Å². The number of furan rings is 1. The van der Waals surface area contributed by atoms with Gasteiger partial charge in [0, 0.05) is 6.20 Å². The molecule has 0 aliphatic rings. The molecule has 0 aliphatic heterocycles. The second-order valence-electron chi connectivity index (χ2n) is 4.64. The van der Waals surface area contributed by atoms with Gasteiger partial charge in [-0.2, -0.15) is 0 Å². The average Bonchev–Trinajstić information content (AvgIpc) is 3.21. The van der Waals surface area contributed by atoms with Gasteiger partial charge in [-0.3, -0.25) is 14.5 Å². The highest BCUT2D eigenvalue weighted by molar-refractivity contribution is 7.99. The van der Waals surface area contributed by atoms with Gasteiger partial charge in [0.1, 0.15) is 5.76 Å². The van der Waals surface area contributed by atoms with Crippen molar-refractivity contribution in [2.75, 3.05) is 5.75 Å². The third kappa shape index (κ3) is 3.92. The number of carbonyl (C=O) groups excluding carboxylic acids is 2. The van der Waals surface area contributed by atoms with Gasteiger partial charge in [-0.1, -0.05) is 17.8 Å². The summed E-state index contributed by atoms with van der Waals surface area (Å²) in [6.07, 6.45) is 5.13. The number of urea groups is 1. The lowest BCUT2D eigenvalue weighted by atomic mass is 10.4. The minimum atomic E-state index is -0.556. The van der Waals surface area contributed by atoms with Gasteiger partial charge in [0.15, 0.2) is 5.16 Å². The van der Waals surface area contributed by atoms with Crippen LogP contribution >= 0.6 is 11.8 Å². The van der Waals surface area contributed by atoms with Crippen LogP contribution in [0.2, 0.25) is 0 Å². The highest BCUT2D eigenvalue weighted by Crippen LogP contribution is 2.17. The van der Waals surface area contributed by atoms with Crippen LogP contribution in [0.1, 0.15) is 5.76 Å². The maximum atomic E-state index is 11.8. The molecule has 3 heterocycles. The second-order valence-corrected chi connectivity index (χ2v) is 5.58. The Hall–Kier alpha value is -2.74. The van der Waals surface area contributed by atoms with Crippen LogP contribution in [0.4, 0.5) is 4.79 Å².